The lowest BCUT2D eigenvalue weighted by Gasteiger charge is -2.21. The van der Waals surface area contributed by atoms with Gasteiger partial charge in [-0.15, -0.1) is 0 Å². The largest absolute Gasteiger partial charge is 0.451 e. The van der Waals surface area contributed by atoms with Crippen molar-refractivity contribution in [2.45, 2.75) is 22.9 Å². The average Bonchev–Trinajstić information content (AvgIpc) is 2.91. The molecule has 0 saturated carbocycles. The predicted octanol–water partition coefficient (Wildman–Crippen LogP) is 4.26. The SMILES string of the molecule is CC(=O)N(c1ccccc1)S(=O)(=O)c1ccc(-c2c(NN)nc(C(F)(F)F)nc2-c2ccc(S(C)(=O)=O)cc2)cc1. The van der Waals surface area contributed by atoms with E-state index in [0.717, 1.165) is 13.2 Å². The van der Waals surface area contributed by atoms with E-state index in [2.05, 4.69) is 15.4 Å². The number of nitrogen functional groups attached to an aromatic ring is 1. The average molecular weight is 606 g/mol. The second kappa shape index (κ2) is 10.9. The molecule has 41 heavy (non-hydrogen) atoms. The fraction of sp³-hybridized carbons (Fsp3) is 0.115. The summed E-state index contributed by atoms with van der Waals surface area (Å²) < 4.78 is 92.1. The van der Waals surface area contributed by atoms with Gasteiger partial charge in [0.15, 0.2) is 15.7 Å². The zero-order valence-electron chi connectivity index (χ0n) is 21.4. The van der Waals surface area contributed by atoms with Crippen molar-refractivity contribution < 1.29 is 34.8 Å². The van der Waals surface area contributed by atoms with Gasteiger partial charge in [-0.05, 0) is 42.0 Å². The van der Waals surface area contributed by atoms with Crippen LogP contribution in [0.1, 0.15) is 12.7 Å². The minimum absolute atomic E-state index is 0.0111. The van der Waals surface area contributed by atoms with Crippen molar-refractivity contribution in [1.29, 1.82) is 0 Å². The number of carbonyl (C=O) groups excluding carboxylic acids is 1. The lowest BCUT2D eigenvalue weighted by Crippen LogP contribution is -2.35. The zero-order valence-corrected chi connectivity index (χ0v) is 23.0. The summed E-state index contributed by atoms with van der Waals surface area (Å²) in [4.78, 5) is 19.2. The molecule has 0 fully saturated rings. The molecule has 0 aliphatic rings. The maximum absolute atomic E-state index is 13.6. The van der Waals surface area contributed by atoms with Crippen molar-refractivity contribution in [1.82, 2.24) is 9.97 Å². The van der Waals surface area contributed by atoms with E-state index >= 15 is 0 Å². The topological polar surface area (TPSA) is 152 Å². The van der Waals surface area contributed by atoms with Crippen molar-refractivity contribution in [3.05, 3.63) is 84.7 Å². The van der Waals surface area contributed by atoms with Crippen LogP contribution in [0.25, 0.3) is 22.4 Å². The fourth-order valence-electron chi connectivity index (χ4n) is 3.99. The molecule has 0 unspecified atom stereocenters. The normalized spacial score (nSPS) is 12.1. The van der Waals surface area contributed by atoms with Crippen LogP contribution in [0.3, 0.4) is 0 Å². The van der Waals surface area contributed by atoms with Crippen LogP contribution in [-0.2, 0) is 30.8 Å². The van der Waals surface area contributed by atoms with E-state index in [-0.39, 0.29) is 37.9 Å². The van der Waals surface area contributed by atoms with Gasteiger partial charge in [-0.3, -0.25) is 4.79 Å². The standard InChI is InChI=1S/C26H22F3N5O5S2/c1-16(35)34(19-6-4-3-5-7-19)41(38,39)21-14-8-17(9-15-21)22-23(18-10-12-20(13-11-18)40(2,36)37)31-25(26(27,28)29)32-24(22)33-30/h3-15H,30H2,1-2H3,(H,31,32,33). The monoisotopic (exact) mass is 605 g/mol. The highest BCUT2D eigenvalue weighted by Gasteiger charge is 2.37. The van der Waals surface area contributed by atoms with Crippen molar-refractivity contribution >= 4 is 37.3 Å². The Balaban J connectivity index is 1.88. The number of benzene rings is 3. The van der Waals surface area contributed by atoms with Crippen LogP contribution in [0.15, 0.2) is 88.7 Å². The molecule has 0 aliphatic heterocycles. The minimum Gasteiger partial charge on any atom is -0.308 e. The molecule has 4 aromatic rings. The molecule has 1 heterocycles. The molecule has 214 valence electrons. The second-order valence-corrected chi connectivity index (χ2v) is 12.5. The number of hydrogen-bond acceptors (Lipinski definition) is 9. The highest BCUT2D eigenvalue weighted by atomic mass is 32.2. The number of halogens is 3. The van der Waals surface area contributed by atoms with Crippen LogP contribution >= 0.6 is 0 Å². The molecule has 10 nitrogen and oxygen atoms in total. The first kappa shape index (κ1) is 29.6. The number of amides is 1. The van der Waals surface area contributed by atoms with E-state index in [4.69, 9.17) is 5.84 Å². The van der Waals surface area contributed by atoms with E-state index in [1.807, 2.05) is 0 Å². The molecule has 1 amide bonds. The number of rotatable bonds is 7. The molecule has 0 saturated heterocycles. The predicted molar refractivity (Wildman–Crippen MR) is 146 cm³/mol. The number of hydrogen-bond donors (Lipinski definition) is 2. The number of sulfone groups is 1. The third-order valence-corrected chi connectivity index (χ3v) is 8.76. The lowest BCUT2D eigenvalue weighted by atomic mass is 9.99. The van der Waals surface area contributed by atoms with Crippen LogP contribution < -0.4 is 15.6 Å². The summed E-state index contributed by atoms with van der Waals surface area (Å²) in [7, 11) is -7.96. The number of nitrogens with one attached hydrogen (secondary N) is 1. The van der Waals surface area contributed by atoms with E-state index in [1.165, 1.54) is 60.7 Å². The van der Waals surface area contributed by atoms with Gasteiger partial charge < -0.3 is 5.43 Å². The first-order chi connectivity index (χ1) is 19.1. The molecule has 15 heteroatoms. The van der Waals surface area contributed by atoms with Gasteiger partial charge in [0.25, 0.3) is 10.0 Å². The van der Waals surface area contributed by atoms with E-state index in [9.17, 15) is 34.8 Å². The van der Waals surface area contributed by atoms with Crippen molar-refractivity contribution in [2.24, 2.45) is 5.84 Å². The maximum atomic E-state index is 13.6. The Kier molecular flexibility index (Phi) is 7.89. The smallest absolute Gasteiger partial charge is 0.308 e. The Bertz CT molecular complexity index is 1810. The van der Waals surface area contributed by atoms with Crippen molar-refractivity contribution in [3.8, 4) is 22.4 Å². The summed E-state index contributed by atoms with van der Waals surface area (Å²) in [5, 5.41) is 0. The van der Waals surface area contributed by atoms with Crippen LogP contribution in [0, 0.1) is 0 Å². The highest BCUT2D eigenvalue weighted by molar-refractivity contribution is 7.93. The second-order valence-electron chi connectivity index (χ2n) is 8.71. The van der Waals surface area contributed by atoms with Gasteiger partial charge >= 0.3 is 6.18 Å². The maximum Gasteiger partial charge on any atom is 0.451 e. The number of carbonyl (C=O) groups is 1. The summed E-state index contributed by atoms with van der Waals surface area (Å²) in [6.07, 6.45) is -3.96. The fourth-order valence-corrected chi connectivity index (χ4v) is 6.05. The number of sulfonamides is 1. The molecule has 0 aliphatic carbocycles. The molecule has 0 atom stereocenters. The molecule has 0 radical (unpaired) electrons. The molecular formula is C26H22F3N5O5S2. The van der Waals surface area contributed by atoms with E-state index in [1.54, 1.807) is 18.2 Å². The van der Waals surface area contributed by atoms with E-state index < -0.39 is 43.6 Å². The first-order valence-electron chi connectivity index (χ1n) is 11.6. The van der Waals surface area contributed by atoms with Gasteiger partial charge in [-0.2, -0.15) is 13.2 Å². The van der Waals surface area contributed by atoms with Crippen LogP contribution in [0.4, 0.5) is 24.7 Å². The van der Waals surface area contributed by atoms with Gasteiger partial charge in [-0.25, -0.2) is 37.0 Å². The third-order valence-electron chi connectivity index (χ3n) is 5.81. The van der Waals surface area contributed by atoms with Crippen LogP contribution in [-0.4, -0.2) is 39.0 Å². The summed E-state index contributed by atoms with van der Waals surface area (Å²) in [6, 6.07) is 17.7. The quantitative estimate of drug-likeness (QED) is 0.232. The number of anilines is 2. The first-order valence-corrected chi connectivity index (χ1v) is 15.0. The van der Waals surface area contributed by atoms with E-state index in [0.29, 0.717) is 4.31 Å². The minimum atomic E-state index is -4.95. The molecular weight excluding hydrogens is 583 g/mol. The Morgan fingerprint density at radius 3 is 1.85 bits per heavy atom. The number of aromatic nitrogens is 2. The van der Waals surface area contributed by atoms with Gasteiger partial charge in [0, 0.05) is 18.7 Å². The highest BCUT2D eigenvalue weighted by Crippen LogP contribution is 2.39. The van der Waals surface area contributed by atoms with Gasteiger partial charge in [-0.1, -0.05) is 42.5 Å². The van der Waals surface area contributed by atoms with Crippen LogP contribution in [0.5, 0.6) is 0 Å². The Labute approximate surface area is 233 Å². The summed E-state index contributed by atoms with van der Waals surface area (Å²) in [5.74, 6) is 2.86. The van der Waals surface area contributed by atoms with Gasteiger partial charge in [0.1, 0.15) is 0 Å². The molecule has 0 spiro atoms. The Morgan fingerprint density at radius 2 is 1.37 bits per heavy atom. The lowest BCUT2D eigenvalue weighted by molar-refractivity contribution is -0.144. The number of alkyl halides is 3. The van der Waals surface area contributed by atoms with Gasteiger partial charge in [0.2, 0.25) is 11.7 Å². The van der Waals surface area contributed by atoms with Crippen molar-refractivity contribution in [3.63, 3.8) is 0 Å². The zero-order chi connectivity index (χ0) is 30.2. The Hall–Kier alpha value is -4.34. The summed E-state index contributed by atoms with van der Waals surface area (Å²) in [6.45, 7) is 1.10. The Morgan fingerprint density at radius 1 is 0.829 bits per heavy atom. The molecule has 3 aromatic carbocycles. The third kappa shape index (κ3) is 6.06. The molecule has 1 aromatic heterocycles. The molecule has 4 rings (SSSR count). The molecule has 3 N–H and O–H groups in total. The number of hydrazine groups is 1. The van der Waals surface area contributed by atoms with Crippen LogP contribution in [0.2, 0.25) is 0 Å². The summed E-state index contributed by atoms with van der Waals surface area (Å²) >= 11 is 0. The molecule has 0 bridgehead atoms. The number of para-hydroxylation sites is 1. The number of nitrogens with zero attached hydrogens (tertiary/aromatic N) is 3. The summed E-state index contributed by atoms with van der Waals surface area (Å²) in [5.41, 5.74) is 2.29. The van der Waals surface area contributed by atoms with Gasteiger partial charge in [0.05, 0.1) is 26.7 Å². The van der Waals surface area contributed by atoms with Crippen molar-refractivity contribution in [2.75, 3.05) is 16.0 Å². The number of nitrogens with two attached hydrogens (primary N) is 1.